The Bertz CT molecular complexity index is 1520. The number of anilines is 1. The molecule has 2 aliphatic rings. The summed E-state index contributed by atoms with van der Waals surface area (Å²) in [5, 5.41) is 16.5. The van der Waals surface area contributed by atoms with Crippen LogP contribution in [0.5, 0.6) is 0 Å². The van der Waals surface area contributed by atoms with Gasteiger partial charge in [0.1, 0.15) is 12.2 Å². The first-order valence-electron chi connectivity index (χ1n) is 13.3. The first-order valence-corrected chi connectivity index (χ1v) is 15.1. The van der Waals surface area contributed by atoms with E-state index < -0.39 is 45.6 Å². The Hall–Kier alpha value is -3.85. The van der Waals surface area contributed by atoms with Crippen molar-refractivity contribution in [3.8, 4) is 23.0 Å². The van der Waals surface area contributed by atoms with Crippen LogP contribution in [0.3, 0.4) is 0 Å². The van der Waals surface area contributed by atoms with Gasteiger partial charge in [-0.15, -0.1) is 0 Å². The molecule has 210 valence electrons. The van der Waals surface area contributed by atoms with Gasteiger partial charge in [-0.3, -0.25) is 4.79 Å². The molecule has 40 heavy (non-hydrogen) atoms. The first-order chi connectivity index (χ1) is 19.1. The summed E-state index contributed by atoms with van der Waals surface area (Å²) in [5.74, 6) is -2.00. The highest BCUT2D eigenvalue weighted by atomic mass is 32.2. The van der Waals surface area contributed by atoms with Gasteiger partial charge < -0.3 is 10.2 Å². The summed E-state index contributed by atoms with van der Waals surface area (Å²) >= 11 is 0. The fourth-order valence-electron chi connectivity index (χ4n) is 5.45. The highest BCUT2D eigenvalue weighted by molar-refractivity contribution is 7.91. The number of carbonyl (C=O) groups is 1. The number of amides is 1. The molecule has 0 spiro atoms. The molecule has 3 aromatic rings. The number of alkyl halides is 1. The predicted molar refractivity (Wildman–Crippen MR) is 146 cm³/mol. The van der Waals surface area contributed by atoms with Crippen molar-refractivity contribution in [3.63, 3.8) is 0 Å². The van der Waals surface area contributed by atoms with Gasteiger partial charge in [0.25, 0.3) is 0 Å². The Kier molecular flexibility index (Phi) is 7.85. The van der Waals surface area contributed by atoms with Crippen LogP contribution in [0, 0.1) is 23.1 Å². The van der Waals surface area contributed by atoms with Crippen LogP contribution >= 0.6 is 0 Å². The lowest BCUT2D eigenvalue weighted by atomic mass is 9.74. The van der Waals surface area contributed by atoms with E-state index in [-0.39, 0.29) is 30.2 Å². The number of hydrogen-bond acceptors (Lipinski definition) is 7. The maximum absolute atomic E-state index is 14.7. The van der Waals surface area contributed by atoms with Crippen molar-refractivity contribution in [3.05, 3.63) is 60.3 Å². The van der Waals surface area contributed by atoms with Crippen LogP contribution in [-0.4, -0.2) is 65.9 Å². The van der Waals surface area contributed by atoms with Crippen molar-refractivity contribution in [2.24, 2.45) is 5.92 Å². The number of halogens is 2. The molecule has 1 aliphatic heterocycles. The number of nitrogens with one attached hydrogen (secondary N) is 1. The fraction of sp³-hybridized carbons (Fsp3) is 0.429. The molecule has 1 saturated heterocycles. The van der Waals surface area contributed by atoms with Gasteiger partial charge in [0.15, 0.2) is 21.5 Å². The van der Waals surface area contributed by atoms with E-state index in [2.05, 4.69) is 10.3 Å². The molecule has 9 nitrogen and oxygen atoms in total. The molecule has 2 fully saturated rings. The average molecular weight is 569 g/mol. The molecule has 1 N–H and O–H groups in total. The molecule has 4 atom stereocenters. The van der Waals surface area contributed by atoms with Crippen LogP contribution in [0.15, 0.2) is 48.8 Å². The van der Waals surface area contributed by atoms with Crippen molar-refractivity contribution < 1.29 is 22.0 Å². The Morgan fingerprint density at radius 3 is 2.58 bits per heavy atom. The number of pyridine rings is 1. The van der Waals surface area contributed by atoms with Crippen molar-refractivity contribution in [2.75, 3.05) is 29.5 Å². The average Bonchev–Trinajstić information content (AvgIpc) is 3.38. The summed E-state index contributed by atoms with van der Waals surface area (Å²) in [4.78, 5) is 19.3. The second-order valence-electron chi connectivity index (χ2n) is 10.3. The third kappa shape index (κ3) is 5.84. The summed E-state index contributed by atoms with van der Waals surface area (Å²) in [6.07, 6.45) is 2.57. The maximum Gasteiger partial charge on any atom is 0.224 e. The van der Waals surface area contributed by atoms with Gasteiger partial charge in [0, 0.05) is 48.6 Å². The maximum atomic E-state index is 14.7. The quantitative estimate of drug-likeness (QED) is 0.483. The molecule has 1 aliphatic carbocycles. The summed E-state index contributed by atoms with van der Waals surface area (Å²) in [5.41, 5.74) is 2.83. The topological polar surface area (TPSA) is 121 Å². The number of carbonyl (C=O) groups excluding carboxylic acids is 1. The second-order valence-corrected chi connectivity index (χ2v) is 12.7. The molecule has 12 heteroatoms. The van der Waals surface area contributed by atoms with E-state index in [0.29, 0.717) is 30.8 Å². The molecular formula is C28H30F2N6O3S. The first kappa shape index (κ1) is 27.7. The number of nitriles is 1. The molecular weight excluding hydrogens is 538 g/mol. The zero-order valence-electron chi connectivity index (χ0n) is 22.0. The van der Waals surface area contributed by atoms with Gasteiger partial charge in [-0.25, -0.2) is 26.9 Å². The largest absolute Gasteiger partial charge is 0.369 e. The predicted octanol–water partition coefficient (Wildman–Crippen LogP) is 3.56. The van der Waals surface area contributed by atoms with Crippen molar-refractivity contribution in [1.82, 2.24) is 20.1 Å². The third-order valence-electron chi connectivity index (χ3n) is 7.61. The standard InChI is InChI=1S/C28H30F2N6O3S/c1-18(16-31)33-28(37)23-15-20(29)6-9-22(23)26-24(17-36(34-26)27-25(30)3-2-10-32-27)19-4-7-21(8-5-19)35-11-13-40(38,39)14-12-35/h2-5,7-8,10,17-18,20,22-23H,6,9,11-15H2,1H3,(H,33,37). The van der Waals surface area contributed by atoms with E-state index in [9.17, 15) is 27.3 Å². The Labute approximate surface area is 231 Å². The zero-order chi connectivity index (χ0) is 28.4. The number of hydrogen-bond donors (Lipinski definition) is 1. The molecule has 1 saturated carbocycles. The van der Waals surface area contributed by atoms with Crippen LogP contribution in [0.4, 0.5) is 14.5 Å². The lowest BCUT2D eigenvalue weighted by Crippen LogP contribution is -2.41. The monoisotopic (exact) mass is 568 g/mol. The molecule has 1 amide bonds. The van der Waals surface area contributed by atoms with Crippen LogP contribution < -0.4 is 10.2 Å². The number of aromatic nitrogens is 3. The van der Waals surface area contributed by atoms with Crippen LogP contribution in [0.25, 0.3) is 16.9 Å². The van der Waals surface area contributed by atoms with E-state index in [0.717, 1.165) is 11.3 Å². The lowest BCUT2D eigenvalue weighted by Gasteiger charge is -2.32. The van der Waals surface area contributed by atoms with E-state index in [4.69, 9.17) is 5.10 Å². The van der Waals surface area contributed by atoms with E-state index in [1.165, 1.54) is 23.0 Å². The summed E-state index contributed by atoms with van der Waals surface area (Å²) < 4.78 is 54.3. The normalized spacial score (nSPS) is 23.2. The van der Waals surface area contributed by atoms with Crippen LogP contribution in [0.1, 0.15) is 37.8 Å². The zero-order valence-corrected chi connectivity index (χ0v) is 22.8. The number of rotatable bonds is 6. The smallest absolute Gasteiger partial charge is 0.224 e. The Balaban J connectivity index is 1.53. The minimum Gasteiger partial charge on any atom is -0.369 e. The SMILES string of the molecule is CC(C#N)NC(=O)C1CC(F)CCC1c1nn(-c2ncccc2F)cc1-c1ccc(N2CCS(=O)(=O)CC2)cc1. The van der Waals surface area contributed by atoms with Gasteiger partial charge in [-0.2, -0.15) is 10.4 Å². The minimum atomic E-state index is -3.01. The Morgan fingerprint density at radius 2 is 1.90 bits per heavy atom. The van der Waals surface area contributed by atoms with Gasteiger partial charge in [-0.1, -0.05) is 12.1 Å². The van der Waals surface area contributed by atoms with Crippen LogP contribution in [0.2, 0.25) is 0 Å². The molecule has 4 unspecified atom stereocenters. The molecule has 5 rings (SSSR count). The summed E-state index contributed by atoms with van der Waals surface area (Å²) in [7, 11) is -3.01. The van der Waals surface area contributed by atoms with Crippen molar-refractivity contribution in [2.45, 2.75) is 44.3 Å². The Morgan fingerprint density at radius 1 is 1.18 bits per heavy atom. The molecule has 0 bridgehead atoms. The van der Waals surface area contributed by atoms with Gasteiger partial charge in [0.2, 0.25) is 5.91 Å². The highest BCUT2D eigenvalue weighted by Gasteiger charge is 2.39. The molecule has 2 aromatic heterocycles. The second kappa shape index (κ2) is 11.3. The van der Waals surface area contributed by atoms with E-state index >= 15 is 0 Å². The number of benzene rings is 1. The van der Waals surface area contributed by atoms with E-state index in [1.54, 1.807) is 13.1 Å². The fourth-order valence-corrected chi connectivity index (χ4v) is 6.65. The summed E-state index contributed by atoms with van der Waals surface area (Å²) in [6, 6.07) is 11.6. The third-order valence-corrected chi connectivity index (χ3v) is 9.22. The van der Waals surface area contributed by atoms with Gasteiger partial charge in [0.05, 0.1) is 23.3 Å². The van der Waals surface area contributed by atoms with Gasteiger partial charge >= 0.3 is 0 Å². The lowest BCUT2D eigenvalue weighted by molar-refractivity contribution is -0.127. The van der Waals surface area contributed by atoms with E-state index in [1.807, 2.05) is 35.2 Å². The molecule has 3 heterocycles. The van der Waals surface area contributed by atoms with Crippen molar-refractivity contribution in [1.29, 1.82) is 5.26 Å². The highest BCUT2D eigenvalue weighted by Crippen LogP contribution is 2.43. The molecule has 0 radical (unpaired) electrons. The molecule has 1 aromatic carbocycles. The number of nitrogens with zero attached hydrogens (tertiary/aromatic N) is 5. The van der Waals surface area contributed by atoms with Crippen molar-refractivity contribution >= 4 is 21.4 Å². The van der Waals surface area contributed by atoms with Gasteiger partial charge in [-0.05, 0) is 56.0 Å². The number of sulfone groups is 1. The van der Waals surface area contributed by atoms with Crippen LogP contribution in [-0.2, 0) is 14.6 Å². The summed E-state index contributed by atoms with van der Waals surface area (Å²) in [6.45, 7) is 2.38. The minimum absolute atomic E-state index is 0.000530.